The highest BCUT2D eigenvalue weighted by molar-refractivity contribution is 6.29. The molecule has 2 heterocycles. The number of anilines is 1. The van der Waals surface area contributed by atoms with Gasteiger partial charge in [-0.3, -0.25) is 4.90 Å². The Bertz CT molecular complexity index is 327. The Labute approximate surface area is 101 Å². The molecule has 1 aromatic heterocycles. The van der Waals surface area contributed by atoms with Gasteiger partial charge in [0, 0.05) is 12.6 Å². The molecule has 1 aromatic rings. The summed E-state index contributed by atoms with van der Waals surface area (Å²) in [4.78, 5) is 2.50. The van der Waals surface area contributed by atoms with Gasteiger partial charge in [-0.2, -0.15) is 0 Å². The molecule has 0 aliphatic carbocycles. The zero-order valence-corrected chi connectivity index (χ0v) is 10.2. The van der Waals surface area contributed by atoms with Crippen molar-refractivity contribution in [3.63, 3.8) is 0 Å². The average Bonchev–Trinajstić information content (AvgIpc) is 2.76. The summed E-state index contributed by atoms with van der Waals surface area (Å²) in [6, 6.07) is 4.24. The minimum absolute atomic E-state index is 0.432. The predicted octanol–water partition coefficient (Wildman–Crippen LogP) is 2.03. The lowest BCUT2D eigenvalue weighted by molar-refractivity contribution is 0.277. The number of rotatable bonds is 4. The SMILES string of the molecule is CCN1CCC[C@H]1CNc1ccc(Cl)nn1. The largest absolute Gasteiger partial charge is 0.367 e. The highest BCUT2D eigenvalue weighted by Crippen LogP contribution is 2.17. The second-order valence-electron chi connectivity index (χ2n) is 4.05. The summed E-state index contributed by atoms with van der Waals surface area (Å²) < 4.78 is 0. The molecule has 1 fully saturated rings. The van der Waals surface area contributed by atoms with E-state index in [0.29, 0.717) is 11.2 Å². The maximum Gasteiger partial charge on any atom is 0.151 e. The third kappa shape index (κ3) is 2.83. The van der Waals surface area contributed by atoms with Crippen molar-refractivity contribution in [2.45, 2.75) is 25.8 Å². The monoisotopic (exact) mass is 240 g/mol. The van der Waals surface area contributed by atoms with E-state index in [1.54, 1.807) is 6.07 Å². The molecule has 1 saturated heterocycles. The average molecular weight is 241 g/mol. The zero-order chi connectivity index (χ0) is 11.4. The van der Waals surface area contributed by atoms with Gasteiger partial charge in [0.25, 0.3) is 0 Å². The van der Waals surface area contributed by atoms with E-state index in [1.807, 2.05) is 6.07 Å². The number of hydrogen-bond donors (Lipinski definition) is 1. The molecular formula is C11H17ClN4. The van der Waals surface area contributed by atoms with Crippen LogP contribution in [0.1, 0.15) is 19.8 Å². The van der Waals surface area contributed by atoms with E-state index in [9.17, 15) is 0 Å². The minimum atomic E-state index is 0.432. The molecule has 0 spiro atoms. The molecule has 16 heavy (non-hydrogen) atoms. The molecule has 0 radical (unpaired) electrons. The fraction of sp³-hybridized carbons (Fsp3) is 0.636. The first-order valence-electron chi connectivity index (χ1n) is 5.76. The molecule has 1 atom stereocenters. The molecule has 0 saturated carbocycles. The standard InChI is InChI=1S/C11H17ClN4/c1-2-16-7-3-4-9(16)8-13-11-6-5-10(12)14-15-11/h5-6,9H,2-4,7-8H2,1H3,(H,13,15)/t9-/m0/s1. The van der Waals surface area contributed by atoms with Crippen LogP contribution in [-0.4, -0.2) is 40.8 Å². The van der Waals surface area contributed by atoms with Crippen LogP contribution in [-0.2, 0) is 0 Å². The predicted molar refractivity (Wildman–Crippen MR) is 65.8 cm³/mol. The smallest absolute Gasteiger partial charge is 0.151 e. The van der Waals surface area contributed by atoms with Crippen molar-refractivity contribution < 1.29 is 0 Å². The molecule has 5 heteroatoms. The topological polar surface area (TPSA) is 41.0 Å². The summed E-state index contributed by atoms with van der Waals surface area (Å²) >= 11 is 5.67. The molecule has 4 nitrogen and oxygen atoms in total. The summed E-state index contributed by atoms with van der Waals surface area (Å²) in [7, 11) is 0. The number of likely N-dealkylation sites (N-methyl/N-ethyl adjacent to an activating group) is 1. The van der Waals surface area contributed by atoms with Crippen molar-refractivity contribution in [2.75, 3.05) is 25.0 Å². The number of nitrogens with one attached hydrogen (secondary N) is 1. The van der Waals surface area contributed by atoms with Crippen LogP contribution in [0.4, 0.5) is 5.82 Å². The van der Waals surface area contributed by atoms with E-state index in [2.05, 4.69) is 27.3 Å². The third-order valence-electron chi connectivity index (χ3n) is 3.06. The lowest BCUT2D eigenvalue weighted by atomic mass is 10.2. The van der Waals surface area contributed by atoms with Gasteiger partial charge in [0.15, 0.2) is 5.15 Å². The quantitative estimate of drug-likeness (QED) is 0.875. The lowest BCUT2D eigenvalue weighted by Gasteiger charge is -2.22. The fourth-order valence-electron chi connectivity index (χ4n) is 2.18. The van der Waals surface area contributed by atoms with Gasteiger partial charge in [0.2, 0.25) is 0 Å². The van der Waals surface area contributed by atoms with Crippen molar-refractivity contribution in [1.82, 2.24) is 15.1 Å². The summed E-state index contributed by atoms with van der Waals surface area (Å²) in [5, 5.41) is 11.5. The van der Waals surface area contributed by atoms with E-state index in [-0.39, 0.29) is 0 Å². The number of aromatic nitrogens is 2. The maximum atomic E-state index is 5.67. The van der Waals surface area contributed by atoms with Crippen molar-refractivity contribution >= 4 is 17.4 Å². The van der Waals surface area contributed by atoms with Gasteiger partial charge < -0.3 is 5.32 Å². The van der Waals surface area contributed by atoms with Gasteiger partial charge in [0.05, 0.1) is 0 Å². The Hall–Kier alpha value is -0.870. The summed E-state index contributed by atoms with van der Waals surface area (Å²) in [5.41, 5.74) is 0. The Morgan fingerprint density at radius 1 is 1.50 bits per heavy atom. The Morgan fingerprint density at radius 2 is 2.38 bits per heavy atom. The van der Waals surface area contributed by atoms with Crippen LogP contribution in [0.5, 0.6) is 0 Å². The highest BCUT2D eigenvalue weighted by atomic mass is 35.5. The van der Waals surface area contributed by atoms with Crippen LogP contribution >= 0.6 is 11.6 Å². The van der Waals surface area contributed by atoms with Crippen LogP contribution in [0.3, 0.4) is 0 Å². The number of nitrogens with zero attached hydrogens (tertiary/aromatic N) is 3. The van der Waals surface area contributed by atoms with Gasteiger partial charge >= 0.3 is 0 Å². The highest BCUT2D eigenvalue weighted by Gasteiger charge is 2.22. The van der Waals surface area contributed by atoms with E-state index in [1.165, 1.54) is 19.4 Å². The molecule has 1 aliphatic rings. The molecule has 0 amide bonds. The van der Waals surface area contributed by atoms with Gasteiger partial charge in [-0.1, -0.05) is 18.5 Å². The van der Waals surface area contributed by atoms with Crippen molar-refractivity contribution in [2.24, 2.45) is 0 Å². The number of likely N-dealkylation sites (tertiary alicyclic amines) is 1. The molecule has 2 rings (SSSR count). The van der Waals surface area contributed by atoms with Crippen molar-refractivity contribution in [3.8, 4) is 0 Å². The van der Waals surface area contributed by atoms with Crippen LogP contribution < -0.4 is 5.32 Å². The molecule has 88 valence electrons. The normalized spacial score (nSPS) is 21.2. The van der Waals surface area contributed by atoms with Crippen molar-refractivity contribution in [3.05, 3.63) is 17.3 Å². The zero-order valence-electron chi connectivity index (χ0n) is 9.49. The molecular weight excluding hydrogens is 224 g/mol. The number of hydrogen-bond acceptors (Lipinski definition) is 4. The Balaban J connectivity index is 1.85. The molecule has 0 unspecified atom stereocenters. The fourth-order valence-corrected chi connectivity index (χ4v) is 2.28. The lowest BCUT2D eigenvalue weighted by Crippen LogP contribution is -2.34. The summed E-state index contributed by atoms with van der Waals surface area (Å²) in [5.74, 6) is 0.798. The van der Waals surface area contributed by atoms with Gasteiger partial charge in [-0.05, 0) is 38.1 Å². The summed E-state index contributed by atoms with van der Waals surface area (Å²) in [6.07, 6.45) is 2.56. The Kier molecular flexibility index (Phi) is 3.96. The van der Waals surface area contributed by atoms with Crippen LogP contribution in [0.15, 0.2) is 12.1 Å². The minimum Gasteiger partial charge on any atom is -0.367 e. The van der Waals surface area contributed by atoms with Crippen LogP contribution in [0.25, 0.3) is 0 Å². The third-order valence-corrected chi connectivity index (χ3v) is 3.26. The molecule has 0 bridgehead atoms. The maximum absolute atomic E-state index is 5.67. The summed E-state index contributed by atoms with van der Waals surface area (Å²) in [6.45, 7) is 5.48. The molecule has 0 aromatic carbocycles. The first kappa shape index (κ1) is 11.6. The van der Waals surface area contributed by atoms with E-state index in [4.69, 9.17) is 11.6 Å². The molecule has 1 N–H and O–H groups in total. The second kappa shape index (κ2) is 5.46. The van der Waals surface area contributed by atoms with E-state index in [0.717, 1.165) is 18.9 Å². The first-order valence-corrected chi connectivity index (χ1v) is 6.14. The van der Waals surface area contributed by atoms with E-state index >= 15 is 0 Å². The van der Waals surface area contributed by atoms with Crippen LogP contribution in [0, 0.1) is 0 Å². The number of halogens is 1. The van der Waals surface area contributed by atoms with Crippen molar-refractivity contribution in [1.29, 1.82) is 0 Å². The molecule has 1 aliphatic heterocycles. The van der Waals surface area contributed by atoms with E-state index < -0.39 is 0 Å². The first-order chi connectivity index (χ1) is 7.79. The van der Waals surface area contributed by atoms with Gasteiger partial charge in [-0.25, -0.2) is 0 Å². The van der Waals surface area contributed by atoms with Crippen LogP contribution in [0.2, 0.25) is 5.15 Å². The second-order valence-corrected chi connectivity index (χ2v) is 4.43. The van der Waals surface area contributed by atoms with Gasteiger partial charge in [-0.15, -0.1) is 10.2 Å². The van der Waals surface area contributed by atoms with Gasteiger partial charge in [0.1, 0.15) is 5.82 Å². The Morgan fingerprint density at radius 3 is 3.06 bits per heavy atom.